The first-order valence-corrected chi connectivity index (χ1v) is 6.75. The molecule has 17 heavy (non-hydrogen) atoms. The first kappa shape index (κ1) is 12.7. The van der Waals surface area contributed by atoms with Gasteiger partial charge in [0.15, 0.2) is 0 Å². The fraction of sp³-hybridized carbons (Fsp3) is 0.800. The highest BCUT2D eigenvalue weighted by Gasteiger charge is 2.51. The summed E-state index contributed by atoms with van der Waals surface area (Å²) in [4.78, 5) is 11.5. The zero-order valence-electron chi connectivity index (χ0n) is 11.5. The normalized spacial score (nSPS) is 29.6. The summed E-state index contributed by atoms with van der Waals surface area (Å²) < 4.78 is 5.37. The van der Waals surface area contributed by atoms with Crippen molar-refractivity contribution in [2.45, 2.75) is 47.0 Å². The highest BCUT2D eigenvalue weighted by molar-refractivity contribution is 5.69. The molecule has 2 bridgehead atoms. The van der Waals surface area contributed by atoms with Crippen LogP contribution in [0.25, 0.3) is 0 Å². The SMILES string of the molecule is CC(C)CC(=O)OCC1=CC[C@@H]2C[C@H]1C2(C)C. The number of ether oxygens (including phenoxy) is 1. The third-order valence-corrected chi connectivity index (χ3v) is 4.56. The van der Waals surface area contributed by atoms with Crippen LogP contribution < -0.4 is 0 Å². The van der Waals surface area contributed by atoms with Crippen LogP contribution in [0.3, 0.4) is 0 Å². The predicted molar refractivity (Wildman–Crippen MR) is 68.5 cm³/mol. The van der Waals surface area contributed by atoms with Gasteiger partial charge in [-0.05, 0) is 41.6 Å². The Kier molecular flexibility index (Phi) is 3.33. The van der Waals surface area contributed by atoms with Gasteiger partial charge < -0.3 is 4.74 Å². The fourth-order valence-corrected chi connectivity index (χ4v) is 3.20. The van der Waals surface area contributed by atoms with E-state index in [0.29, 0.717) is 30.3 Å². The van der Waals surface area contributed by atoms with Crippen LogP contribution in [0.5, 0.6) is 0 Å². The molecule has 0 spiro atoms. The minimum absolute atomic E-state index is 0.0554. The van der Waals surface area contributed by atoms with Gasteiger partial charge >= 0.3 is 5.97 Å². The summed E-state index contributed by atoms with van der Waals surface area (Å²) in [6, 6.07) is 0. The predicted octanol–water partition coefficient (Wildman–Crippen LogP) is 3.57. The van der Waals surface area contributed by atoms with Gasteiger partial charge in [0.1, 0.15) is 6.61 Å². The summed E-state index contributed by atoms with van der Waals surface area (Å²) in [6.07, 6.45) is 5.29. The number of hydrogen-bond donors (Lipinski definition) is 0. The summed E-state index contributed by atoms with van der Waals surface area (Å²) in [5.74, 6) is 1.82. The summed E-state index contributed by atoms with van der Waals surface area (Å²) in [6.45, 7) is 9.29. The van der Waals surface area contributed by atoms with Crippen molar-refractivity contribution in [2.24, 2.45) is 23.2 Å². The van der Waals surface area contributed by atoms with Crippen LogP contribution >= 0.6 is 0 Å². The topological polar surface area (TPSA) is 26.3 Å². The first-order chi connectivity index (χ1) is 7.91. The van der Waals surface area contributed by atoms with E-state index in [1.165, 1.54) is 18.4 Å². The van der Waals surface area contributed by atoms with Gasteiger partial charge in [0.25, 0.3) is 0 Å². The van der Waals surface area contributed by atoms with Gasteiger partial charge in [-0.3, -0.25) is 4.79 Å². The lowest BCUT2D eigenvalue weighted by atomic mass is 9.49. The quantitative estimate of drug-likeness (QED) is 0.551. The molecule has 96 valence electrons. The van der Waals surface area contributed by atoms with Crippen LogP contribution in [0.1, 0.15) is 47.0 Å². The standard InChI is InChI=1S/C15H24O2/c1-10(2)7-14(16)17-9-11-5-6-12-8-13(11)15(12,3)4/h5,10,12-13H,6-9H2,1-4H3/t12-,13-/m1/s1. The van der Waals surface area contributed by atoms with Crippen LogP contribution in [0.2, 0.25) is 0 Å². The largest absolute Gasteiger partial charge is 0.461 e. The third-order valence-electron chi connectivity index (χ3n) is 4.56. The van der Waals surface area contributed by atoms with E-state index in [1.54, 1.807) is 0 Å². The molecule has 0 N–H and O–H groups in total. The van der Waals surface area contributed by atoms with Crippen LogP contribution in [0.15, 0.2) is 11.6 Å². The fourth-order valence-electron chi connectivity index (χ4n) is 3.20. The second-order valence-electron chi connectivity index (χ2n) is 6.58. The molecule has 1 saturated carbocycles. The van der Waals surface area contributed by atoms with E-state index in [-0.39, 0.29) is 5.97 Å². The molecule has 2 nitrogen and oxygen atoms in total. The Morgan fingerprint density at radius 1 is 1.53 bits per heavy atom. The Labute approximate surface area is 104 Å². The Morgan fingerprint density at radius 3 is 2.76 bits per heavy atom. The minimum Gasteiger partial charge on any atom is -0.461 e. The Morgan fingerprint density at radius 2 is 2.24 bits per heavy atom. The van der Waals surface area contributed by atoms with E-state index >= 15 is 0 Å². The third kappa shape index (κ3) is 2.41. The molecule has 0 saturated heterocycles. The Hall–Kier alpha value is -0.790. The van der Waals surface area contributed by atoms with Crippen molar-refractivity contribution in [1.29, 1.82) is 0 Å². The molecule has 0 aromatic heterocycles. The highest BCUT2D eigenvalue weighted by Crippen LogP contribution is 2.59. The lowest BCUT2D eigenvalue weighted by molar-refractivity contribution is -0.144. The molecule has 0 amide bonds. The second kappa shape index (κ2) is 4.47. The van der Waals surface area contributed by atoms with Crippen molar-refractivity contribution in [3.8, 4) is 0 Å². The van der Waals surface area contributed by atoms with E-state index in [9.17, 15) is 4.79 Å². The molecule has 0 heterocycles. The number of hydrogen-bond acceptors (Lipinski definition) is 2. The number of rotatable bonds is 4. The van der Waals surface area contributed by atoms with Gasteiger partial charge in [-0.25, -0.2) is 0 Å². The maximum absolute atomic E-state index is 11.5. The number of esters is 1. The number of fused-ring (bicyclic) bond motifs is 1. The van der Waals surface area contributed by atoms with Gasteiger partial charge in [0.2, 0.25) is 0 Å². The van der Waals surface area contributed by atoms with Crippen molar-refractivity contribution >= 4 is 5.97 Å². The average Bonchev–Trinajstić information content (AvgIpc) is 2.25. The number of carbonyl (C=O) groups is 1. The lowest BCUT2D eigenvalue weighted by Gasteiger charge is -2.56. The van der Waals surface area contributed by atoms with Crippen molar-refractivity contribution in [2.75, 3.05) is 6.61 Å². The average molecular weight is 236 g/mol. The van der Waals surface area contributed by atoms with Crippen molar-refractivity contribution in [3.05, 3.63) is 11.6 Å². The smallest absolute Gasteiger partial charge is 0.306 e. The summed E-state index contributed by atoms with van der Waals surface area (Å²) in [7, 11) is 0. The van der Waals surface area contributed by atoms with Crippen LogP contribution in [0.4, 0.5) is 0 Å². The van der Waals surface area contributed by atoms with Crippen LogP contribution in [-0.2, 0) is 9.53 Å². The number of allylic oxidation sites excluding steroid dienone is 1. The molecule has 0 aromatic rings. The molecule has 0 radical (unpaired) electrons. The van der Waals surface area contributed by atoms with Gasteiger partial charge in [0, 0.05) is 6.42 Å². The number of carbonyl (C=O) groups excluding carboxylic acids is 1. The summed E-state index contributed by atoms with van der Waals surface area (Å²) in [5, 5.41) is 0. The van der Waals surface area contributed by atoms with E-state index in [4.69, 9.17) is 4.74 Å². The molecule has 1 fully saturated rings. The van der Waals surface area contributed by atoms with E-state index in [0.717, 1.165) is 5.92 Å². The molecule has 0 unspecified atom stereocenters. The molecule has 2 heteroatoms. The van der Waals surface area contributed by atoms with E-state index in [1.807, 2.05) is 13.8 Å². The van der Waals surface area contributed by atoms with E-state index in [2.05, 4.69) is 19.9 Å². The van der Waals surface area contributed by atoms with Crippen molar-refractivity contribution in [3.63, 3.8) is 0 Å². The highest BCUT2D eigenvalue weighted by atomic mass is 16.5. The zero-order chi connectivity index (χ0) is 12.6. The molecule has 3 aliphatic carbocycles. The summed E-state index contributed by atoms with van der Waals surface area (Å²) >= 11 is 0. The molecule has 0 aliphatic heterocycles. The van der Waals surface area contributed by atoms with Crippen molar-refractivity contribution in [1.82, 2.24) is 0 Å². The van der Waals surface area contributed by atoms with Gasteiger partial charge in [0.05, 0.1) is 0 Å². The zero-order valence-corrected chi connectivity index (χ0v) is 11.5. The molecule has 2 atom stereocenters. The van der Waals surface area contributed by atoms with Gasteiger partial charge in [-0.15, -0.1) is 0 Å². The lowest BCUT2D eigenvalue weighted by Crippen LogP contribution is -2.48. The summed E-state index contributed by atoms with van der Waals surface area (Å²) in [5.41, 5.74) is 1.78. The van der Waals surface area contributed by atoms with Gasteiger partial charge in [-0.1, -0.05) is 33.8 Å². The molecular weight excluding hydrogens is 212 g/mol. The van der Waals surface area contributed by atoms with Gasteiger partial charge in [-0.2, -0.15) is 0 Å². The monoisotopic (exact) mass is 236 g/mol. The Balaban J connectivity index is 1.85. The second-order valence-corrected chi connectivity index (χ2v) is 6.58. The maximum atomic E-state index is 11.5. The Bertz CT molecular complexity index is 339. The molecule has 3 aliphatic rings. The first-order valence-electron chi connectivity index (χ1n) is 6.75. The maximum Gasteiger partial charge on any atom is 0.306 e. The van der Waals surface area contributed by atoms with E-state index < -0.39 is 0 Å². The van der Waals surface area contributed by atoms with Crippen molar-refractivity contribution < 1.29 is 9.53 Å². The molecule has 3 rings (SSSR count). The molecular formula is C15H24O2. The van der Waals surface area contributed by atoms with Crippen LogP contribution in [0, 0.1) is 23.2 Å². The minimum atomic E-state index is -0.0554. The van der Waals surface area contributed by atoms with Crippen LogP contribution in [-0.4, -0.2) is 12.6 Å². The molecule has 0 aromatic carbocycles.